The minimum absolute atomic E-state index is 0.412. The van der Waals surface area contributed by atoms with Crippen molar-refractivity contribution in [3.05, 3.63) is 66.6 Å². The molecule has 0 heterocycles. The van der Waals surface area contributed by atoms with Gasteiger partial charge in [-0.15, -0.1) is 12.1 Å². The first kappa shape index (κ1) is 29.3. The standard InChI is InChI=1S/C10H15.C7H7O.C5H10O2.CO.Fe/c1-6-7(2)9(4)10(5)8(6)3;1-8-7-5-3-2-4-6-7;1-3-6-5-7-4-2;1-2;/h1-5H3;2-3,5-6H,1H3;3-4H2,1-2H3;;/q;-1;;;+1. The topological polar surface area (TPSA) is 47.6 Å². The molecule has 1 aromatic carbocycles. The van der Waals surface area contributed by atoms with E-state index in [2.05, 4.69) is 62.9 Å². The average Bonchev–Trinajstić information content (AvgIpc) is 2.89. The van der Waals surface area contributed by atoms with Crippen LogP contribution in [0.15, 0.2) is 24.3 Å². The molecule has 0 unspecified atom stereocenters. The Labute approximate surface area is 180 Å². The Morgan fingerprint density at radius 2 is 1.32 bits per heavy atom. The first-order valence-electron chi connectivity index (χ1n) is 8.96. The number of benzene rings is 1. The summed E-state index contributed by atoms with van der Waals surface area (Å²) in [5, 5.41) is 0. The molecule has 0 spiro atoms. The number of hydrogen-bond acceptors (Lipinski definition) is 3. The van der Waals surface area contributed by atoms with Crippen LogP contribution < -0.4 is 4.74 Å². The van der Waals surface area contributed by atoms with E-state index in [-0.39, 0.29) is 0 Å². The Morgan fingerprint density at radius 1 is 0.929 bits per heavy atom. The van der Waals surface area contributed by atoms with Gasteiger partial charge in [0, 0.05) is 5.75 Å². The van der Waals surface area contributed by atoms with Crippen LogP contribution in [0.1, 0.15) is 48.5 Å². The van der Waals surface area contributed by atoms with Gasteiger partial charge in [0.15, 0.2) is 0 Å². The third-order valence-corrected chi connectivity index (χ3v) is 4.55. The van der Waals surface area contributed by atoms with E-state index in [1.165, 1.54) is 29.6 Å². The van der Waals surface area contributed by atoms with E-state index in [4.69, 9.17) is 18.9 Å². The molecule has 2 rings (SSSR count). The van der Waals surface area contributed by atoms with Gasteiger partial charge in [-0.25, -0.2) is 0 Å². The van der Waals surface area contributed by atoms with E-state index in [9.17, 15) is 0 Å². The molecule has 1 aliphatic carbocycles. The summed E-state index contributed by atoms with van der Waals surface area (Å²) >= 11 is 3.49. The van der Waals surface area contributed by atoms with Crippen molar-refractivity contribution in [2.24, 2.45) is 0 Å². The third-order valence-electron chi connectivity index (χ3n) is 4.24. The third kappa shape index (κ3) is 11.8. The second-order valence-electron chi connectivity index (χ2n) is 5.66. The predicted octanol–water partition coefficient (Wildman–Crippen LogP) is 5.12. The van der Waals surface area contributed by atoms with Crippen molar-refractivity contribution in [1.29, 1.82) is 0 Å². The summed E-state index contributed by atoms with van der Waals surface area (Å²) in [4.78, 5) is 0.412. The molecule has 0 aliphatic heterocycles. The molecule has 0 atom stereocenters. The quantitative estimate of drug-likeness (QED) is 0.372. The maximum atomic E-state index is 7.50. The molecular weight excluding hydrogens is 396 g/mol. The molecule has 28 heavy (non-hydrogen) atoms. The van der Waals surface area contributed by atoms with Crippen LogP contribution in [0.5, 0.6) is 5.75 Å². The minimum atomic E-state index is 0.412. The molecule has 5 radical (unpaired) electrons. The van der Waals surface area contributed by atoms with E-state index in [0.717, 1.165) is 5.75 Å². The molecule has 0 amide bonds. The van der Waals surface area contributed by atoms with Crippen molar-refractivity contribution in [3.8, 4) is 5.75 Å². The number of methoxy groups -OCH3 is 1. The Hall–Kier alpha value is -0.931. The van der Waals surface area contributed by atoms with Crippen molar-refractivity contribution in [3.63, 3.8) is 0 Å². The summed E-state index contributed by atoms with van der Waals surface area (Å²) in [5.41, 5.74) is 0. The van der Waals surface area contributed by atoms with E-state index < -0.39 is 0 Å². The summed E-state index contributed by atoms with van der Waals surface area (Å²) in [7, 11) is 1.64. The van der Waals surface area contributed by atoms with Crippen molar-refractivity contribution in [1.82, 2.24) is 0 Å². The number of hydrogen-bond donors (Lipinski definition) is 0. The summed E-state index contributed by atoms with van der Waals surface area (Å²) in [6, 6.07) is 10.3. The Kier molecular flexibility index (Phi) is 18.9. The first-order valence-corrected chi connectivity index (χ1v) is 9.52. The van der Waals surface area contributed by atoms with Crippen molar-refractivity contribution >= 4 is 4.79 Å². The fraction of sp³-hybridized carbons (Fsp3) is 0.435. The molecule has 4 nitrogen and oxygen atoms in total. The normalized spacial score (nSPS) is 15.4. The van der Waals surface area contributed by atoms with E-state index in [0.29, 0.717) is 18.0 Å². The van der Waals surface area contributed by atoms with Gasteiger partial charge >= 0.3 is 68.2 Å². The molecule has 0 aromatic heterocycles. The first-order chi connectivity index (χ1) is 13.3. The van der Waals surface area contributed by atoms with E-state index >= 15 is 0 Å². The van der Waals surface area contributed by atoms with Crippen LogP contribution in [0.2, 0.25) is 0 Å². The van der Waals surface area contributed by atoms with Crippen molar-refractivity contribution in [2.45, 2.75) is 48.5 Å². The molecule has 1 saturated carbocycles. The van der Waals surface area contributed by atoms with Gasteiger partial charge < -0.3 is 4.74 Å². The average molecular weight is 428 g/mol. The zero-order chi connectivity index (χ0) is 22.1. The fourth-order valence-corrected chi connectivity index (χ4v) is 2.49. The van der Waals surface area contributed by atoms with Gasteiger partial charge in [-0.05, 0) is 29.6 Å². The summed E-state index contributed by atoms with van der Waals surface area (Å²) < 4.78 is 22.1. The van der Waals surface area contributed by atoms with Crippen LogP contribution in [-0.2, 0) is 29.7 Å². The van der Waals surface area contributed by atoms with Gasteiger partial charge in [0.05, 0.1) is 7.11 Å². The molecule has 1 aliphatic rings. The molecular formula is C23H32FeO4. The predicted molar refractivity (Wildman–Crippen MR) is 109 cm³/mol. The van der Waals surface area contributed by atoms with Crippen LogP contribution in [0.4, 0.5) is 0 Å². The molecule has 1 aromatic rings. The van der Waals surface area contributed by atoms with Crippen molar-refractivity contribution in [2.75, 3.05) is 20.3 Å². The second kappa shape index (κ2) is 18.1. The van der Waals surface area contributed by atoms with E-state index in [1.807, 2.05) is 32.0 Å². The van der Waals surface area contributed by atoms with Gasteiger partial charge in [-0.2, -0.15) is 18.2 Å². The molecule has 0 saturated heterocycles. The van der Waals surface area contributed by atoms with Gasteiger partial charge in [0.25, 0.3) is 0 Å². The maximum absolute atomic E-state index is 7.50. The Morgan fingerprint density at radius 3 is 1.54 bits per heavy atom. The zero-order valence-electron chi connectivity index (χ0n) is 18.2. The monoisotopic (exact) mass is 428 g/mol. The van der Waals surface area contributed by atoms with Crippen LogP contribution in [0.25, 0.3) is 0 Å². The number of rotatable bonds is 5. The molecule has 156 valence electrons. The summed E-state index contributed by atoms with van der Waals surface area (Å²) in [5.74, 6) is 8.19. The SMILES string of the molecule is CCO[C](=[Fe+])OCC.COc1c[c-]ccc1.C[C]1[C](C)[C](C)[C](C)[C]1C.[C-]#[O+]. The molecule has 5 heteroatoms. The van der Waals surface area contributed by atoms with Crippen LogP contribution >= 0.6 is 0 Å². The molecule has 0 N–H and O–H groups in total. The summed E-state index contributed by atoms with van der Waals surface area (Å²) in [6.45, 7) is 20.5. The van der Waals surface area contributed by atoms with Crippen LogP contribution in [0, 0.1) is 42.3 Å². The fourth-order valence-electron chi connectivity index (χ4n) is 2.17. The van der Waals surface area contributed by atoms with Gasteiger partial charge in [-0.1, -0.05) is 34.6 Å². The van der Waals surface area contributed by atoms with Crippen molar-refractivity contribution < 1.29 is 34.4 Å². The van der Waals surface area contributed by atoms with Gasteiger partial charge in [0.1, 0.15) is 0 Å². The number of ether oxygens (including phenoxy) is 3. The molecule has 1 fully saturated rings. The van der Waals surface area contributed by atoms with Gasteiger partial charge in [-0.3, -0.25) is 0 Å². The second-order valence-corrected chi connectivity index (χ2v) is 6.11. The van der Waals surface area contributed by atoms with Crippen LogP contribution in [0.3, 0.4) is 0 Å². The summed E-state index contributed by atoms with van der Waals surface area (Å²) in [6.07, 6.45) is 0. The zero-order valence-corrected chi connectivity index (χ0v) is 19.3. The van der Waals surface area contributed by atoms with Gasteiger partial charge in [0.2, 0.25) is 0 Å². The van der Waals surface area contributed by atoms with Crippen LogP contribution in [-0.4, -0.2) is 25.1 Å². The molecule has 0 bridgehead atoms. The Balaban J connectivity index is 0. The van der Waals surface area contributed by atoms with E-state index in [1.54, 1.807) is 13.2 Å². The Bertz CT molecular complexity index is 465.